The van der Waals surface area contributed by atoms with Crippen molar-refractivity contribution in [2.24, 2.45) is 5.92 Å². The van der Waals surface area contributed by atoms with Gasteiger partial charge in [0.2, 0.25) is 0 Å². The van der Waals surface area contributed by atoms with E-state index in [0.717, 1.165) is 37.9 Å². The average Bonchev–Trinajstić information content (AvgIpc) is 2.59. The second-order valence-corrected chi connectivity index (χ2v) is 6.92. The Balaban J connectivity index is 1.83. The van der Waals surface area contributed by atoms with Crippen LogP contribution in [-0.4, -0.2) is 47.9 Å². The summed E-state index contributed by atoms with van der Waals surface area (Å²) in [7, 11) is 0. The van der Waals surface area contributed by atoms with Crippen LogP contribution in [0.15, 0.2) is 30.3 Å². The number of aliphatic hydroxyl groups is 1. The van der Waals surface area contributed by atoms with Gasteiger partial charge in [0, 0.05) is 31.8 Å². The molecule has 24 heavy (non-hydrogen) atoms. The number of benzene rings is 1. The topological polar surface area (TPSA) is 61.8 Å². The van der Waals surface area contributed by atoms with Crippen LogP contribution in [0.5, 0.6) is 0 Å². The number of nitrogens with one attached hydrogen (secondary N) is 1. The SMILES string of the molecule is CC(C)N1CC(CCCO)CC(NC(=O)OCc2ccccc2)C1. The minimum absolute atomic E-state index is 0.105. The maximum Gasteiger partial charge on any atom is 0.407 e. The van der Waals surface area contributed by atoms with E-state index >= 15 is 0 Å². The lowest BCUT2D eigenvalue weighted by Gasteiger charge is -2.40. The number of nitrogens with zero attached hydrogens (tertiary/aromatic N) is 1. The summed E-state index contributed by atoms with van der Waals surface area (Å²) < 4.78 is 5.33. The number of carbonyl (C=O) groups excluding carboxylic acids is 1. The van der Waals surface area contributed by atoms with E-state index in [2.05, 4.69) is 24.1 Å². The molecule has 2 N–H and O–H groups in total. The molecule has 0 bridgehead atoms. The van der Waals surface area contributed by atoms with E-state index in [1.807, 2.05) is 30.3 Å². The molecule has 1 amide bonds. The number of likely N-dealkylation sites (tertiary alicyclic amines) is 1. The number of amides is 1. The summed E-state index contributed by atoms with van der Waals surface area (Å²) in [4.78, 5) is 14.5. The van der Waals surface area contributed by atoms with Crippen LogP contribution in [0.1, 0.15) is 38.7 Å². The zero-order chi connectivity index (χ0) is 17.4. The van der Waals surface area contributed by atoms with Gasteiger partial charge in [-0.25, -0.2) is 4.79 Å². The van der Waals surface area contributed by atoms with Crippen LogP contribution in [-0.2, 0) is 11.3 Å². The first-order chi connectivity index (χ1) is 11.6. The third-order valence-corrected chi connectivity index (χ3v) is 4.60. The summed E-state index contributed by atoms with van der Waals surface area (Å²) in [5, 5.41) is 12.1. The number of hydrogen-bond acceptors (Lipinski definition) is 4. The van der Waals surface area contributed by atoms with Gasteiger partial charge in [0.05, 0.1) is 0 Å². The number of piperidine rings is 1. The Bertz CT molecular complexity index is 493. The van der Waals surface area contributed by atoms with Crippen LogP contribution >= 0.6 is 0 Å². The molecule has 1 fully saturated rings. The Labute approximate surface area is 145 Å². The molecule has 0 aromatic heterocycles. The highest BCUT2D eigenvalue weighted by molar-refractivity contribution is 5.67. The zero-order valence-corrected chi connectivity index (χ0v) is 14.8. The van der Waals surface area contributed by atoms with Crippen molar-refractivity contribution in [3.05, 3.63) is 35.9 Å². The molecule has 0 radical (unpaired) electrons. The lowest BCUT2D eigenvalue weighted by molar-refractivity contribution is 0.0903. The second-order valence-electron chi connectivity index (χ2n) is 6.92. The summed E-state index contributed by atoms with van der Waals surface area (Å²) >= 11 is 0. The smallest absolute Gasteiger partial charge is 0.407 e. The maximum atomic E-state index is 12.1. The van der Waals surface area contributed by atoms with Crippen LogP contribution in [0.25, 0.3) is 0 Å². The van der Waals surface area contributed by atoms with Crippen molar-refractivity contribution in [3.8, 4) is 0 Å². The number of rotatable bonds is 7. The maximum absolute atomic E-state index is 12.1. The fourth-order valence-electron chi connectivity index (χ4n) is 3.29. The molecule has 0 spiro atoms. The Morgan fingerprint density at radius 1 is 1.33 bits per heavy atom. The lowest BCUT2D eigenvalue weighted by Crippen LogP contribution is -2.52. The van der Waals surface area contributed by atoms with Gasteiger partial charge in [0.15, 0.2) is 0 Å². The average molecular weight is 334 g/mol. The molecule has 1 aromatic carbocycles. The van der Waals surface area contributed by atoms with Gasteiger partial charge >= 0.3 is 6.09 Å². The van der Waals surface area contributed by atoms with E-state index in [-0.39, 0.29) is 18.7 Å². The molecule has 1 aliphatic heterocycles. The molecule has 1 saturated heterocycles. The number of ether oxygens (including phenoxy) is 1. The number of alkyl carbamates (subject to hydrolysis) is 1. The lowest BCUT2D eigenvalue weighted by atomic mass is 9.90. The van der Waals surface area contributed by atoms with Gasteiger partial charge < -0.3 is 15.2 Å². The predicted octanol–water partition coefficient (Wildman–Crippen LogP) is 2.78. The predicted molar refractivity (Wildman–Crippen MR) is 94.7 cm³/mol. The fourth-order valence-corrected chi connectivity index (χ4v) is 3.29. The molecular weight excluding hydrogens is 304 g/mol. The molecule has 2 rings (SSSR count). The standard InChI is InChI=1S/C19H30N2O3/c1-15(2)21-12-17(9-6-10-22)11-18(13-21)20-19(23)24-14-16-7-4-3-5-8-16/h3-5,7-8,15,17-18,22H,6,9-14H2,1-2H3,(H,20,23). The molecule has 5 nitrogen and oxygen atoms in total. The Kier molecular flexibility index (Phi) is 7.53. The monoisotopic (exact) mass is 334 g/mol. The van der Waals surface area contributed by atoms with Crippen LogP contribution < -0.4 is 5.32 Å². The number of carbonyl (C=O) groups is 1. The molecule has 5 heteroatoms. The fraction of sp³-hybridized carbons (Fsp3) is 0.632. The van der Waals surface area contributed by atoms with Gasteiger partial charge in [0.25, 0.3) is 0 Å². The first-order valence-corrected chi connectivity index (χ1v) is 8.90. The molecule has 1 aliphatic rings. The van der Waals surface area contributed by atoms with Crippen molar-refractivity contribution < 1.29 is 14.6 Å². The molecule has 0 aliphatic carbocycles. The summed E-state index contributed by atoms with van der Waals surface area (Å²) in [5.74, 6) is 0.507. The first kappa shape index (κ1) is 18.7. The molecule has 0 saturated carbocycles. The summed E-state index contributed by atoms with van der Waals surface area (Å²) in [6, 6.07) is 10.3. The van der Waals surface area contributed by atoms with Crippen molar-refractivity contribution in [2.75, 3.05) is 19.7 Å². The van der Waals surface area contributed by atoms with E-state index in [4.69, 9.17) is 9.84 Å². The van der Waals surface area contributed by atoms with Crippen molar-refractivity contribution in [1.29, 1.82) is 0 Å². The molecule has 2 atom stereocenters. The van der Waals surface area contributed by atoms with E-state index in [9.17, 15) is 4.79 Å². The number of aliphatic hydroxyl groups excluding tert-OH is 1. The van der Waals surface area contributed by atoms with Crippen LogP contribution in [0.3, 0.4) is 0 Å². The zero-order valence-electron chi connectivity index (χ0n) is 14.8. The third-order valence-electron chi connectivity index (χ3n) is 4.60. The van der Waals surface area contributed by atoms with Gasteiger partial charge in [0.1, 0.15) is 6.61 Å². The van der Waals surface area contributed by atoms with Crippen LogP contribution in [0.2, 0.25) is 0 Å². The first-order valence-electron chi connectivity index (χ1n) is 8.90. The van der Waals surface area contributed by atoms with Crippen LogP contribution in [0, 0.1) is 5.92 Å². The van der Waals surface area contributed by atoms with E-state index in [0.29, 0.717) is 18.6 Å². The van der Waals surface area contributed by atoms with Gasteiger partial charge in [-0.15, -0.1) is 0 Å². The normalized spacial score (nSPS) is 21.7. The quantitative estimate of drug-likeness (QED) is 0.805. The molecule has 2 unspecified atom stereocenters. The second kappa shape index (κ2) is 9.64. The minimum Gasteiger partial charge on any atom is -0.445 e. The van der Waals surface area contributed by atoms with E-state index in [1.165, 1.54) is 0 Å². The van der Waals surface area contributed by atoms with Gasteiger partial charge in [-0.1, -0.05) is 30.3 Å². The highest BCUT2D eigenvalue weighted by Gasteiger charge is 2.29. The van der Waals surface area contributed by atoms with E-state index in [1.54, 1.807) is 0 Å². The highest BCUT2D eigenvalue weighted by atomic mass is 16.5. The van der Waals surface area contributed by atoms with Crippen LogP contribution in [0.4, 0.5) is 4.79 Å². The van der Waals surface area contributed by atoms with Crippen molar-refractivity contribution >= 4 is 6.09 Å². The van der Waals surface area contributed by atoms with Crippen molar-refractivity contribution in [1.82, 2.24) is 10.2 Å². The largest absolute Gasteiger partial charge is 0.445 e. The molecule has 134 valence electrons. The molecule has 1 aromatic rings. The summed E-state index contributed by atoms with van der Waals surface area (Å²) in [6.45, 7) is 6.78. The summed E-state index contributed by atoms with van der Waals surface area (Å²) in [5.41, 5.74) is 0.987. The Morgan fingerprint density at radius 2 is 2.08 bits per heavy atom. The minimum atomic E-state index is -0.352. The molecule has 1 heterocycles. The van der Waals surface area contributed by atoms with Gasteiger partial charge in [-0.2, -0.15) is 0 Å². The summed E-state index contributed by atoms with van der Waals surface area (Å²) in [6.07, 6.45) is 2.41. The van der Waals surface area contributed by atoms with Crippen molar-refractivity contribution in [2.45, 2.75) is 51.8 Å². The van der Waals surface area contributed by atoms with Gasteiger partial charge in [-0.05, 0) is 44.6 Å². The van der Waals surface area contributed by atoms with Gasteiger partial charge in [-0.3, -0.25) is 4.90 Å². The van der Waals surface area contributed by atoms with E-state index < -0.39 is 0 Å². The Morgan fingerprint density at radius 3 is 2.75 bits per heavy atom. The Hall–Kier alpha value is -1.59. The van der Waals surface area contributed by atoms with Crippen molar-refractivity contribution in [3.63, 3.8) is 0 Å². The third kappa shape index (κ3) is 6.13. The number of hydrogen-bond donors (Lipinski definition) is 2. The highest BCUT2D eigenvalue weighted by Crippen LogP contribution is 2.23. The molecular formula is C19H30N2O3.